The van der Waals surface area contributed by atoms with Crippen molar-refractivity contribution in [2.45, 2.75) is 38.2 Å². The van der Waals surface area contributed by atoms with Gasteiger partial charge in [-0.2, -0.15) is 0 Å². The van der Waals surface area contributed by atoms with E-state index in [0.717, 1.165) is 30.0 Å². The lowest BCUT2D eigenvalue weighted by Gasteiger charge is -2.43. The predicted octanol–water partition coefficient (Wildman–Crippen LogP) is 2.46. The number of para-hydroxylation sites is 1. The van der Waals surface area contributed by atoms with Gasteiger partial charge in [0.05, 0.1) is 24.4 Å². The van der Waals surface area contributed by atoms with Crippen molar-refractivity contribution in [2.24, 2.45) is 0 Å². The first-order valence-corrected chi connectivity index (χ1v) is 10.1. The molecule has 0 bridgehead atoms. The number of ether oxygens (including phenoxy) is 2. The highest BCUT2D eigenvalue weighted by molar-refractivity contribution is 5.94. The average Bonchev–Trinajstić information content (AvgIpc) is 3.21. The fourth-order valence-electron chi connectivity index (χ4n) is 4.07. The lowest BCUT2D eigenvalue weighted by molar-refractivity contribution is -0.120. The Morgan fingerprint density at radius 1 is 1.10 bits per heavy atom. The van der Waals surface area contributed by atoms with Crippen LogP contribution in [-0.4, -0.2) is 49.5 Å². The number of pyridine rings is 1. The van der Waals surface area contributed by atoms with Crippen molar-refractivity contribution in [1.82, 2.24) is 24.9 Å². The van der Waals surface area contributed by atoms with Gasteiger partial charge in [0.25, 0.3) is 5.91 Å². The van der Waals surface area contributed by atoms with Gasteiger partial charge in [0, 0.05) is 31.0 Å². The van der Waals surface area contributed by atoms with Crippen molar-refractivity contribution < 1.29 is 14.3 Å². The Hall–Kier alpha value is -3.26. The van der Waals surface area contributed by atoms with Crippen LogP contribution in [-0.2, 0) is 24.5 Å². The SMILES string of the molecule is O=C(c1ccncc1)N1CCC2(CC1)Cn1nnc(COc3ccccc3)c1CO2. The van der Waals surface area contributed by atoms with Gasteiger partial charge in [0.15, 0.2) is 0 Å². The largest absolute Gasteiger partial charge is 0.487 e. The van der Waals surface area contributed by atoms with Gasteiger partial charge in [-0.3, -0.25) is 9.78 Å². The molecule has 0 saturated carbocycles. The van der Waals surface area contributed by atoms with E-state index in [1.54, 1.807) is 24.5 Å². The van der Waals surface area contributed by atoms with Crippen LogP contribution >= 0.6 is 0 Å². The highest BCUT2D eigenvalue weighted by Gasteiger charge is 2.41. The van der Waals surface area contributed by atoms with Gasteiger partial charge in [0.2, 0.25) is 0 Å². The highest BCUT2D eigenvalue weighted by Crippen LogP contribution is 2.34. The molecule has 0 atom stereocenters. The first kappa shape index (κ1) is 18.7. The third-order valence-corrected chi connectivity index (χ3v) is 5.88. The van der Waals surface area contributed by atoms with Crippen molar-refractivity contribution in [3.63, 3.8) is 0 Å². The van der Waals surface area contributed by atoms with Gasteiger partial charge in [0.1, 0.15) is 18.1 Å². The van der Waals surface area contributed by atoms with Crippen LogP contribution < -0.4 is 4.74 Å². The van der Waals surface area contributed by atoms with Gasteiger partial charge < -0.3 is 14.4 Å². The second-order valence-electron chi connectivity index (χ2n) is 7.74. The number of carbonyl (C=O) groups excluding carboxylic acids is 1. The third-order valence-electron chi connectivity index (χ3n) is 5.88. The number of fused-ring (bicyclic) bond motifs is 1. The molecule has 0 N–H and O–H groups in total. The molecule has 2 aromatic heterocycles. The molecular weight excluding hydrogens is 382 g/mol. The molecule has 5 rings (SSSR count). The summed E-state index contributed by atoms with van der Waals surface area (Å²) in [5.74, 6) is 0.850. The minimum atomic E-state index is -0.298. The maximum atomic E-state index is 12.7. The van der Waals surface area contributed by atoms with E-state index in [0.29, 0.717) is 38.4 Å². The van der Waals surface area contributed by atoms with Crippen LogP contribution in [0.25, 0.3) is 0 Å². The summed E-state index contributed by atoms with van der Waals surface area (Å²) >= 11 is 0. The predicted molar refractivity (Wildman–Crippen MR) is 108 cm³/mol. The number of carbonyl (C=O) groups is 1. The molecule has 8 heteroatoms. The number of aromatic nitrogens is 4. The molecule has 1 aromatic carbocycles. The molecule has 4 heterocycles. The molecule has 1 amide bonds. The Kier molecular flexibility index (Phi) is 4.92. The summed E-state index contributed by atoms with van der Waals surface area (Å²) in [7, 11) is 0. The van der Waals surface area contributed by atoms with Crippen molar-refractivity contribution in [2.75, 3.05) is 13.1 Å². The van der Waals surface area contributed by atoms with Crippen molar-refractivity contribution in [3.05, 3.63) is 71.8 Å². The maximum absolute atomic E-state index is 12.7. The topological polar surface area (TPSA) is 82.4 Å². The molecule has 0 aliphatic carbocycles. The molecule has 154 valence electrons. The number of rotatable bonds is 4. The molecule has 1 fully saturated rings. The minimum Gasteiger partial charge on any atom is -0.487 e. The molecule has 30 heavy (non-hydrogen) atoms. The maximum Gasteiger partial charge on any atom is 0.253 e. The summed E-state index contributed by atoms with van der Waals surface area (Å²) in [6.45, 7) is 2.80. The fraction of sp³-hybridized carbons (Fsp3) is 0.364. The molecule has 1 spiro atoms. The summed E-state index contributed by atoms with van der Waals surface area (Å²) < 4.78 is 14.1. The summed E-state index contributed by atoms with van der Waals surface area (Å²) in [6, 6.07) is 13.2. The zero-order valence-electron chi connectivity index (χ0n) is 16.6. The lowest BCUT2D eigenvalue weighted by Crippen LogP contribution is -2.52. The van der Waals surface area contributed by atoms with Gasteiger partial charge in [-0.25, -0.2) is 4.68 Å². The Morgan fingerprint density at radius 2 is 1.87 bits per heavy atom. The molecule has 0 radical (unpaired) electrons. The lowest BCUT2D eigenvalue weighted by atomic mass is 9.89. The smallest absolute Gasteiger partial charge is 0.253 e. The zero-order valence-corrected chi connectivity index (χ0v) is 16.6. The summed E-state index contributed by atoms with van der Waals surface area (Å²) in [4.78, 5) is 18.5. The van der Waals surface area contributed by atoms with E-state index in [9.17, 15) is 4.79 Å². The van der Waals surface area contributed by atoms with Gasteiger partial charge in [-0.05, 0) is 37.1 Å². The Balaban J connectivity index is 1.21. The summed E-state index contributed by atoms with van der Waals surface area (Å²) in [5.41, 5.74) is 2.14. The summed E-state index contributed by atoms with van der Waals surface area (Å²) in [5, 5.41) is 8.65. The van der Waals surface area contributed by atoms with E-state index in [1.165, 1.54) is 0 Å². The van der Waals surface area contributed by atoms with E-state index >= 15 is 0 Å². The zero-order chi connectivity index (χ0) is 20.4. The number of amides is 1. The monoisotopic (exact) mass is 405 g/mol. The number of likely N-dealkylation sites (tertiary alicyclic amines) is 1. The Morgan fingerprint density at radius 3 is 2.63 bits per heavy atom. The standard InChI is InChI=1S/C22H23N5O3/c28-21(17-6-10-23-11-7-17)26-12-8-22(9-13-26)16-27-20(15-30-22)19(24-25-27)14-29-18-4-2-1-3-5-18/h1-7,10-11H,8-9,12-16H2. The van der Waals surface area contributed by atoms with Crippen molar-refractivity contribution in [1.29, 1.82) is 0 Å². The molecule has 2 aliphatic heterocycles. The van der Waals surface area contributed by atoms with Gasteiger partial charge >= 0.3 is 0 Å². The second-order valence-corrected chi connectivity index (χ2v) is 7.74. The fourth-order valence-corrected chi connectivity index (χ4v) is 4.07. The molecule has 2 aliphatic rings. The first-order valence-electron chi connectivity index (χ1n) is 10.1. The van der Waals surface area contributed by atoms with Crippen molar-refractivity contribution in [3.8, 4) is 5.75 Å². The molecule has 8 nitrogen and oxygen atoms in total. The first-order chi connectivity index (χ1) is 14.7. The Bertz CT molecular complexity index is 1010. The van der Waals surface area contributed by atoms with E-state index in [-0.39, 0.29) is 11.5 Å². The second kappa shape index (κ2) is 7.87. The van der Waals surface area contributed by atoms with Gasteiger partial charge in [-0.1, -0.05) is 23.4 Å². The molecular formula is C22H23N5O3. The number of hydrogen-bond donors (Lipinski definition) is 0. The minimum absolute atomic E-state index is 0.0462. The quantitative estimate of drug-likeness (QED) is 0.663. The Labute approximate surface area is 174 Å². The molecule has 1 saturated heterocycles. The van der Waals surface area contributed by atoms with Gasteiger partial charge in [-0.15, -0.1) is 5.10 Å². The van der Waals surface area contributed by atoms with Crippen molar-refractivity contribution >= 4 is 5.91 Å². The van der Waals surface area contributed by atoms with E-state index in [4.69, 9.17) is 9.47 Å². The van der Waals surface area contributed by atoms with Crippen LogP contribution in [0.15, 0.2) is 54.9 Å². The molecule has 3 aromatic rings. The van der Waals surface area contributed by atoms with E-state index < -0.39 is 0 Å². The summed E-state index contributed by atoms with van der Waals surface area (Å²) in [6.07, 6.45) is 4.85. The van der Waals surface area contributed by atoms with Crippen LogP contribution in [0.3, 0.4) is 0 Å². The average molecular weight is 405 g/mol. The highest BCUT2D eigenvalue weighted by atomic mass is 16.5. The van der Waals surface area contributed by atoms with E-state index in [1.807, 2.05) is 39.9 Å². The third kappa shape index (κ3) is 3.66. The van der Waals surface area contributed by atoms with Crippen LogP contribution in [0.4, 0.5) is 0 Å². The number of hydrogen-bond acceptors (Lipinski definition) is 6. The van der Waals surface area contributed by atoms with Crippen LogP contribution in [0, 0.1) is 0 Å². The molecule has 0 unspecified atom stereocenters. The number of piperidine rings is 1. The number of nitrogens with zero attached hydrogens (tertiary/aromatic N) is 5. The van der Waals surface area contributed by atoms with Crippen LogP contribution in [0.5, 0.6) is 5.75 Å². The van der Waals surface area contributed by atoms with Crippen LogP contribution in [0.2, 0.25) is 0 Å². The normalized spacial score (nSPS) is 17.5. The van der Waals surface area contributed by atoms with E-state index in [2.05, 4.69) is 15.3 Å². The number of benzene rings is 1. The van der Waals surface area contributed by atoms with Crippen LogP contribution in [0.1, 0.15) is 34.6 Å².